The zero-order chi connectivity index (χ0) is 27.6. The fourth-order valence-electron chi connectivity index (χ4n) is 5.55. The number of rotatable bonds is 11. The number of hydrogen-bond acceptors (Lipinski definition) is 5. The Morgan fingerprint density at radius 3 is 2.46 bits per heavy atom. The molecule has 0 aromatic heterocycles. The smallest absolute Gasteiger partial charge is 0.307 e. The topological polar surface area (TPSA) is 89.9 Å². The lowest BCUT2D eigenvalue weighted by atomic mass is 9.91. The lowest BCUT2D eigenvalue weighted by Gasteiger charge is -2.17. The van der Waals surface area contributed by atoms with Gasteiger partial charge >= 0.3 is 5.97 Å². The van der Waals surface area contributed by atoms with E-state index in [1.165, 1.54) is 22.3 Å². The fraction of sp³-hybridized carbons (Fsp3) is 0.406. The fourth-order valence-corrected chi connectivity index (χ4v) is 6.40. The molecule has 0 spiro atoms. The van der Waals surface area contributed by atoms with Crippen LogP contribution in [0.4, 0.5) is 0 Å². The van der Waals surface area contributed by atoms with Crippen LogP contribution in [0.5, 0.6) is 11.5 Å². The zero-order valence-electron chi connectivity index (χ0n) is 22.6. The van der Waals surface area contributed by atoms with Gasteiger partial charge < -0.3 is 14.6 Å². The Morgan fingerprint density at radius 1 is 0.974 bits per heavy atom. The van der Waals surface area contributed by atoms with Crippen molar-refractivity contribution in [1.82, 2.24) is 0 Å². The average molecular weight is 549 g/mol. The number of ether oxygens (including phenoxy) is 2. The summed E-state index contributed by atoms with van der Waals surface area (Å²) in [6.45, 7) is 4.62. The van der Waals surface area contributed by atoms with Gasteiger partial charge in [-0.05, 0) is 114 Å². The normalized spacial score (nSPS) is 18.0. The van der Waals surface area contributed by atoms with E-state index < -0.39 is 15.8 Å². The van der Waals surface area contributed by atoms with E-state index in [9.17, 15) is 18.3 Å². The molecule has 0 aliphatic heterocycles. The summed E-state index contributed by atoms with van der Waals surface area (Å²) in [4.78, 5) is 11.2. The highest BCUT2D eigenvalue weighted by atomic mass is 32.2. The highest BCUT2D eigenvalue weighted by Crippen LogP contribution is 2.47. The van der Waals surface area contributed by atoms with Crippen LogP contribution in [0.2, 0.25) is 0 Å². The summed E-state index contributed by atoms with van der Waals surface area (Å²) in [5.41, 5.74) is 8.40. The van der Waals surface area contributed by atoms with Gasteiger partial charge in [0.25, 0.3) is 0 Å². The van der Waals surface area contributed by atoms with Crippen molar-refractivity contribution in [2.24, 2.45) is 5.92 Å². The van der Waals surface area contributed by atoms with Crippen molar-refractivity contribution < 1.29 is 27.8 Å². The van der Waals surface area contributed by atoms with Gasteiger partial charge in [0.2, 0.25) is 0 Å². The standard InChI is InChI=1S/C32H36O6S/c1-3-39(35,36)15-5-14-37-27-16-21(2)31-25(18-27)7-4-6-23-9-8-22(17-29(23)31)20-38-26-12-10-24(11-13-26)28-19-30(28)32(33)34/h8-13,16-18,28,30H,3-7,14-15,19-20H2,1-2H3,(H,33,34). The zero-order valence-corrected chi connectivity index (χ0v) is 23.4. The summed E-state index contributed by atoms with van der Waals surface area (Å²) in [5.74, 6) is 1.03. The molecule has 2 atom stereocenters. The Balaban J connectivity index is 1.27. The lowest BCUT2D eigenvalue weighted by molar-refractivity contribution is -0.138. The molecule has 0 radical (unpaired) electrons. The molecule has 0 amide bonds. The van der Waals surface area contributed by atoms with E-state index in [2.05, 4.69) is 37.3 Å². The minimum absolute atomic E-state index is 0.118. The predicted octanol–water partition coefficient (Wildman–Crippen LogP) is 6.12. The Kier molecular flexibility index (Phi) is 7.98. The molecule has 6 nitrogen and oxygen atoms in total. The van der Waals surface area contributed by atoms with Gasteiger partial charge in [-0.3, -0.25) is 4.79 Å². The summed E-state index contributed by atoms with van der Waals surface area (Å²) in [7, 11) is -2.98. The molecule has 2 aliphatic carbocycles. The number of benzene rings is 3. The first-order chi connectivity index (χ1) is 18.7. The maximum absolute atomic E-state index is 11.8. The van der Waals surface area contributed by atoms with Crippen molar-refractivity contribution in [1.29, 1.82) is 0 Å². The molecule has 1 fully saturated rings. The van der Waals surface area contributed by atoms with E-state index in [1.54, 1.807) is 6.92 Å². The van der Waals surface area contributed by atoms with Crippen LogP contribution in [0.25, 0.3) is 11.1 Å². The quantitative estimate of drug-likeness (QED) is 0.290. The first-order valence-electron chi connectivity index (χ1n) is 13.8. The molecule has 1 saturated carbocycles. The number of carbonyl (C=O) groups is 1. The molecule has 39 heavy (non-hydrogen) atoms. The van der Waals surface area contributed by atoms with E-state index in [-0.39, 0.29) is 23.3 Å². The minimum atomic E-state index is -2.98. The molecule has 2 aliphatic rings. The molecule has 7 heteroatoms. The number of aryl methyl sites for hydroxylation is 3. The number of fused-ring (bicyclic) bond motifs is 3. The molecule has 1 N–H and O–H groups in total. The molecular formula is C32H36O6S. The summed E-state index contributed by atoms with van der Waals surface area (Å²) in [6.07, 6.45) is 4.24. The van der Waals surface area contributed by atoms with Crippen molar-refractivity contribution in [3.63, 3.8) is 0 Å². The second kappa shape index (κ2) is 11.4. The number of carboxylic acids is 1. The van der Waals surface area contributed by atoms with Crippen LogP contribution >= 0.6 is 0 Å². The first kappa shape index (κ1) is 27.3. The number of aliphatic carboxylic acids is 1. The molecule has 2 unspecified atom stereocenters. The summed E-state index contributed by atoms with van der Waals surface area (Å²) in [6, 6.07) is 18.6. The lowest BCUT2D eigenvalue weighted by Crippen LogP contribution is -2.12. The third-order valence-electron chi connectivity index (χ3n) is 7.86. The Labute approximate surface area is 230 Å². The van der Waals surface area contributed by atoms with Gasteiger partial charge in [0.15, 0.2) is 0 Å². The van der Waals surface area contributed by atoms with Crippen molar-refractivity contribution >= 4 is 15.8 Å². The molecule has 206 valence electrons. The third kappa shape index (κ3) is 6.47. The van der Waals surface area contributed by atoms with Crippen LogP contribution in [0, 0.1) is 12.8 Å². The molecule has 0 bridgehead atoms. The second-order valence-corrected chi connectivity index (χ2v) is 13.2. The average Bonchev–Trinajstić information content (AvgIpc) is 3.74. The molecular weight excluding hydrogens is 512 g/mol. The Hall–Kier alpha value is -3.32. The minimum Gasteiger partial charge on any atom is -0.494 e. The summed E-state index contributed by atoms with van der Waals surface area (Å²) < 4.78 is 35.6. The monoisotopic (exact) mass is 548 g/mol. The number of hydrogen-bond donors (Lipinski definition) is 1. The Bertz CT molecular complexity index is 1460. The van der Waals surface area contributed by atoms with Crippen molar-refractivity contribution in [2.45, 2.75) is 58.5 Å². The largest absolute Gasteiger partial charge is 0.494 e. The molecule has 3 aromatic rings. The number of sulfone groups is 1. The van der Waals surface area contributed by atoms with Gasteiger partial charge in [-0.2, -0.15) is 0 Å². The highest BCUT2D eigenvalue weighted by molar-refractivity contribution is 7.91. The van der Waals surface area contributed by atoms with Crippen LogP contribution in [0.1, 0.15) is 59.9 Å². The van der Waals surface area contributed by atoms with Crippen molar-refractivity contribution in [2.75, 3.05) is 18.1 Å². The molecule has 0 heterocycles. The van der Waals surface area contributed by atoms with Gasteiger partial charge in [-0.1, -0.05) is 31.2 Å². The first-order valence-corrected chi connectivity index (χ1v) is 15.6. The molecule has 3 aromatic carbocycles. The van der Waals surface area contributed by atoms with E-state index >= 15 is 0 Å². The van der Waals surface area contributed by atoms with Crippen molar-refractivity contribution in [3.05, 3.63) is 82.4 Å². The van der Waals surface area contributed by atoms with E-state index in [1.807, 2.05) is 24.3 Å². The molecule has 5 rings (SSSR count). The second-order valence-electron chi connectivity index (χ2n) is 10.7. The predicted molar refractivity (Wildman–Crippen MR) is 152 cm³/mol. The Morgan fingerprint density at radius 2 is 1.74 bits per heavy atom. The van der Waals surface area contributed by atoms with Crippen LogP contribution in [0.15, 0.2) is 54.6 Å². The van der Waals surface area contributed by atoms with Gasteiger partial charge in [0.05, 0.1) is 18.3 Å². The van der Waals surface area contributed by atoms with E-state index in [0.29, 0.717) is 26.1 Å². The number of carboxylic acid groups (broad SMARTS) is 1. The molecule has 0 saturated heterocycles. The van der Waals surface area contributed by atoms with E-state index in [0.717, 1.165) is 47.5 Å². The van der Waals surface area contributed by atoms with Gasteiger partial charge in [0.1, 0.15) is 27.9 Å². The van der Waals surface area contributed by atoms with Crippen LogP contribution in [-0.2, 0) is 34.1 Å². The SMILES string of the molecule is CCS(=O)(=O)CCCOc1cc(C)c2c(c1)CCCc1ccc(COc3ccc(C4CC4C(=O)O)cc3)cc1-2. The van der Waals surface area contributed by atoms with Gasteiger partial charge in [-0.25, -0.2) is 8.42 Å². The van der Waals surface area contributed by atoms with Gasteiger partial charge in [0, 0.05) is 5.75 Å². The van der Waals surface area contributed by atoms with Crippen LogP contribution in [0.3, 0.4) is 0 Å². The summed E-state index contributed by atoms with van der Waals surface area (Å²) >= 11 is 0. The van der Waals surface area contributed by atoms with Crippen LogP contribution in [-0.4, -0.2) is 37.6 Å². The van der Waals surface area contributed by atoms with Gasteiger partial charge in [-0.15, -0.1) is 0 Å². The highest BCUT2D eigenvalue weighted by Gasteiger charge is 2.44. The van der Waals surface area contributed by atoms with Crippen LogP contribution < -0.4 is 9.47 Å². The van der Waals surface area contributed by atoms with Crippen molar-refractivity contribution in [3.8, 4) is 22.6 Å². The maximum atomic E-state index is 11.8. The maximum Gasteiger partial charge on any atom is 0.307 e. The summed E-state index contributed by atoms with van der Waals surface area (Å²) in [5, 5.41) is 9.17. The van der Waals surface area contributed by atoms with E-state index in [4.69, 9.17) is 9.47 Å². The third-order valence-corrected chi connectivity index (χ3v) is 9.65.